The number of nitrogens with one attached hydrogen (secondary N) is 1. The molecule has 1 fully saturated rings. The molecule has 0 aliphatic carbocycles. The predicted molar refractivity (Wildman–Crippen MR) is 69.5 cm³/mol. The van der Waals surface area contributed by atoms with E-state index in [0.29, 0.717) is 6.42 Å². The minimum atomic E-state index is -0.970. The Bertz CT molecular complexity index is 313. The van der Waals surface area contributed by atoms with Crippen LogP contribution in [0, 0.1) is 5.41 Å². The maximum absolute atomic E-state index is 12.0. The second-order valence-electron chi connectivity index (χ2n) is 5.13. The molecule has 0 unspecified atom stereocenters. The molecule has 0 saturated carbocycles. The zero-order valence-corrected chi connectivity index (χ0v) is 11.5. The molecule has 1 heterocycles. The van der Waals surface area contributed by atoms with Crippen molar-refractivity contribution >= 4 is 12.0 Å². The van der Waals surface area contributed by atoms with E-state index in [4.69, 9.17) is 5.11 Å². The molecular weight excluding hydrogens is 232 g/mol. The van der Waals surface area contributed by atoms with Crippen LogP contribution in [0.2, 0.25) is 0 Å². The van der Waals surface area contributed by atoms with Crippen molar-refractivity contribution in [3.05, 3.63) is 0 Å². The lowest BCUT2D eigenvalue weighted by molar-refractivity contribution is -0.139. The van der Waals surface area contributed by atoms with Crippen molar-refractivity contribution in [3.8, 4) is 0 Å². The minimum absolute atomic E-state index is 0.224. The molecule has 1 aliphatic heterocycles. The third-order valence-corrected chi connectivity index (χ3v) is 4.23. The Balaban J connectivity index is 2.57. The van der Waals surface area contributed by atoms with Crippen LogP contribution in [0.5, 0.6) is 0 Å². The smallest absolute Gasteiger partial charge is 0.326 e. The van der Waals surface area contributed by atoms with Crippen LogP contribution in [0.1, 0.15) is 46.5 Å². The van der Waals surface area contributed by atoms with E-state index in [0.717, 1.165) is 32.4 Å². The third kappa shape index (κ3) is 3.15. The van der Waals surface area contributed by atoms with E-state index in [1.165, 1.54) is 0 Å². The summed E-state index contributed by atoms with van der Waals surface area (Å²) in [4.78, 5) is 24.6. The third-order valence-electron chi connectivity index (χ3n) is 4.23. The molecular formula is C13H24N2O3. The van der Waals surface area contributed by atoms with Gasteiger partial charge in [-0.2, -0.15) is 0 Å². The van der Waals surface area contributed by atoms with Crippen molar-refractivity contribution in [1.29, 1.82) is 0 Å². The van der Waals surface area contributed by atoms with E-state index in [1.54, 1.807) is 11.8 Å². The van der Waals surface area contributed by atoms with E-state index in [2.05, 4.69) is 19.2 Å². The van der Waals surface area contributed by atoms with Crippen LogP contribution in [0.25, 0.3) is 0 Å². The van der Waals surface area contributed by atoms with Crippen LogP contribution in [0.3, 0.4) is 0 Å². The molecule has 0 aromatic heterocycles. The van der Waals surface area contributed by atoms with Gasteiger partial charge >= 0.3 is 12.0 Å². The maximum atomic E-state index is 12.0. The highest BCUT2D eigenvalue weighted by atomic mass is 16.4. The van der Waals surface area contributed by atoms with Gasteiger partial charge in [-0.1, -0.05) is 20.8 Å². The molecule has 0 aromatic carbocycles. The Hall–Kier alpha value is -1.26. The maximum Gasteiger partial charge on any atom is 0.326 e. The fourth-order valence-electron chi connectivity index (χ4n) is 2.51. The Morgan fingerprint density at radius 3 is 2.33 bits per heavy atom. The van der Waals surface area contributed by atoms with E-state index in [9.17, 15) is 9.59 Å². The Morgan fingerprint density at radius 1 is 1.33 bits per heavy atom. The van der Waals surface area contributed by atoms with E-state index < -0.39 is 12.0 Å². The Labute approximate surface area is 109 Å². The topological polar surface area (TPSA) is 69.6 Å². The van der Waals surface area contributed by atoms with Gasteiger partial charge in [-0.25, -0.2) is 9.59 Å². The lowest BCUT2D eigenvalue weighted by atomic mass is 9.82. The highest BCUT2D eigenvalue weighted by molar-refractivity contribution is 5.82. The Morgan fingerprint density at radius 2 is 1.94 bits per heavy atom. The number of aliphatic carboxylic acids is 1. The number of carbonyl (C=O) groups is 2. The first-order valence-electron chi connectivity index (χ1n) is 6.76. The fraction of sp³-hybridized carbons (Fsp3) is 0.846. The lowest BCUT2D eigenvalue weighted by Crippen LogP contribution is -2.47. The lowest BCUT2D eigenvalue weighted by Gasteiger charge is -2.27. The van der Waals surface area contributed by atoms with Gasteiger partial charge in [-0.3, -0.25) is 0 Å². The summed E-state index contributed by atoms with van der Waals surface area (Å²) >= 11 is 0. The first kappa shape index (κ1) is 14.8. The number of urea groups is 1. The van der Waals surface area contributed by atoms with E-state index >= 15 is 0 Å². The molecule has 1 atom stereocenters. The van der Waals surface area contributed by atoms with Gasteiger partial charge in [0.1, 0.15) is 6.04 Å². The Kier molecular flexibility index (Phi) is 4.99. The minimum Gasteiger partial charge on any atom is -0.480 e. The summed E-state index contributed by atoms with van der Waals surface area (Å²) in [5.41, 5.74) is 0.224. The van der Waals surface area contributed by atoms with Gasteiger partial charge in [0.05, 0.1) is 0 Å². The summed E-state index contributed by atoms with van der Waals surface area (Å²) in [5.74, 6) is -0.970. The number of carbonyl (C=O) groups excluding carboxylic acids is 1. The molecule has 1 rings (SSSR count). The normalized spacial score (nSPS) is 19.6. The standard InChI is InChI=1S/C13H24N2O3/c1-4-10(11(16)17)14-12(18)15-8-7-13(5-2,6-3)9-15/h10H,4-9H2,1-3H3,(H,14,18)(H,16,17)/t10-/m1/s1. The second kappa shape index (κ2) is 6.07. The van der Waals surface area contributed by atoms with Crippen molar-refractivity contribution in [1.82, 2.24) is 10.2 Å². The van der Waals surface area contributed by atoms with Crippen molar-refractivity contribution in [3.63, 3.8) is 0 Å². The van der Waals surface area contributed by atoms with Gasteiger partial charge < -0.3 is 15.3 Å². The molecule has 1 aliphatic rings. The van der Waals surface area contributed by atoms with Crippen LogP contribution in [0.15, 0.2) is 0 Å². The quantitative estimate of drug-likeness (QED) is 0.791. The van der Waals surface area contributed by atoms with Crippen molar-refractivity contribution in [2.24, 2.45) is 5.41 Å². The molecule has 2 N–H and O–H groups in total. The molecule has 18 heavy (non-hydrogen) atoms. The molecule has 0 aromatic rings. The molecule has 0 spiro atoms. The van der Waals surface area contributed by atoms with Crippen molar-refractivity contribution in [2.45, 2.75) is 52.5 Å². The molecule has 5 nitrogen and oxygen atoms in total. The highest BCUT2D eigenvalue weighted by Gasteiger charge is 2.37. The fourth-order valence-corrected chi connectivity index (χ4v) is 2.51. The number of nitrogens with zero attached hydrogens (tertiary/aromatic N) is 1. The monoisotopic (exact) mass is 256 g/mol. The summed E-state index contributed by atoms with van der Waals surface area (Å²) in [6, 6.07) is -1.02. The van der Waals surface area contributed by atoms with Crippen LogP contribution in [-0.4, -0.2) is 41.1 Å². The van der Waals surface area contributed by atoms with Crippen LogP contribution < -0.4 is 5.32 Å². The van der Waals surface area contributed by atoms with Crippen molar-refractivity contribution < 1.29 is 14.7 Å². The highest BCUT2D eigenvalue weighted by Crippen LogP contribution is 2.36. The summed E-state index contributed by atoms with van der Waals surface area (Å²) in [7, 11) is 0. The predicted octanol–water partition coefficient (Wildman–Crippen LogP) is 2.07. The summed E-state index contributed by atoms with van der Waals surface area (Å²) in [5, 5.41) is 11.5. The van der Waals surface area contributed by atoms with Gasteiger partial charge in [0.15, 0.2) is 0 Å². The summed E-state index contributed by atoms with van der Waals surface area (Å²) in [6.07, 6.45) is 3.53. The molecule has 0 radical (unpaired) electrons. The molecule has 104 valence electrons. The summed E-state index contributed by atoms with van der Waals surface area (Å²) in [6.45, 7) is 7.52. The zero-order chi connectivity index (χ0) is 13.8. The number of amides is 2. The number of hydrogen-bond donors (Lipinski definition) is 2. The van der Waals surface area contributed by atoms with Gasteiger partial charge in [0, 0.05) is 13.1 Å². The van der Waals surface area contributed by atoms with Crippen LogP contribution in [-0.2, 0) is 4.79 Å². The molecule has 2 amide bonds. The second-order valence-corrected chi connectivity index (χ2v) is 5.13. The van der Waals surface area contributed by atoms with Crippen molar-refractivity contribution in [2.75, 3.05) is 13.1 Å². The first-order chi connectivity index (χ1) is 8.48. The SMILES string of the molecule is CC[C@@H](NC(=O)N1CCC(CC)(CC)C1)C(=O)O. The van der Waals surface area contributed by atoms with Crippen LogP contribution in [0.4, 0.5) is 4.79 Å². The van der Waals surface area contributed by atoms with Gasteiger partial charge in [0.25, 0.3) is 0 Å². The van der Waals surface area contributed by atoms with E-state index in [1.807, 2.05) is 0 Å². The number of likely N-dealkylation sites (tertiary alicyclic amines) is 1. The summed E-state index contributed by atoms with van der Waals surface area (Å²) < 4.78 is 0. The largest absolute Gasteiger partial charge is 0.480 e. The molecule has 0 bridgehead atoms. The average molecular weight is 256 g/mol. The number of rotatable bonds is 5. The van der Waals surface area contributed by atoms with Gasteiger partial charge in [-0.05, 0) is 31.1 Å². The molecule has 5 heteroatoms. The first-order valence-corrected chi connectivity index (χ1v) is 6.76. The van der Waals surface area contributed by atoms with Crippen LogP contribution >= 0.6 is 0 Å². The number of carboxylic acid groups (broad SMARTS) is 1. The average Bonchev–Trinajstić information content (AvgIpc) is 2.80. The number of hydrogen-bond acceptors (Lipinski definition) is 2. The number of carboxylic acids is 1. The van der Waals surface area contributed by atoms with E-state index in [-0.39, 0.29) is 11.4 Å². The molecule has 1 saturated heterocycles. The zero-order valence-electron chi connectivity index (χ0n) is 11.5. The van der Waals surface area contributed by atoms with Gasteiger partial charge in [0.2, 0.25) is 0 Å². The van der Waals surface area contributed by atoms with Gasteiger partial charge in [-0.15, -0.1) is 0 Å².